The first-order chi connectivity index (χ1) is 17.0. The number of hydrogen-bond acceptors (Lipinski definition) is 7. The van der Waals surface area contributed by atoms with Crippen LogP contribution in [0.1, 0.15) is 58.9 Å². The van der Waals surface area contributed by atoms with Gasteiger partial charge in [-0.2, -0.15) is 4.98 Å². The second kappa shape index (κ2) is 8.78. The van der Waals surface area contributed by atoms with Gasteiger partial charge in [0, 0.05) is 24.6 Å². The van der Waals surface area contributed by atoms with E-state index in [0.717, 1.165) is 52.6 Å². The molecule has 0 spiro atoms. The van der Waals surface area contributed by atoms with Gasteiger partial charge in [-0.1, -0.05) is 12.1 Å². The number of amides is 2. The summed E-state index contributed by atoms with van der Waals surface area (Å²) < 4.78 is 11.4. The number of fused-ring (bicyclic) bond motifs is 2. The highest BCUT2D eigenvalue weighted by atomic mass is 32.1. The lowest BCUT2D eigenvalue weighted by Crippen LogP contribution is -2.33. The lowest BCUT2D eigenvalue weighted by molar-refractivity contribution is 0.0694. The highest BCUT2D eigenvalue weighted by Gasteiger charge is 2.46. The van der Waals surface area contributed by atoms with Crippen LogP contribution in [0, 0.1) is 18.8 Å². The first kappa shape index (κ1) is 22.3. The van der Waals surface area contributed by atoms with Gasteiger partial charge in [-0.15, -0.1) is 11.3 Å². The van der Waals surface area contributed by atoms with Gasteiger partial charge >= 0.3 is 6.09 Å². The molecule has 9 heteroatoms. The van der Waals surface area contributed by atoms with Gasteiger partial charge in [0.15, 0.2) is 0 Å². The molecule has 3 heterocycles. The van der Waals surface area contributed by atoms with Crippen LogP contribution in [0.15, 0.2) is 29.6 Å². The molecule has 3 aliphatic rings. The molecular weight excluding hydrogens is 464 g/mol. The van der Waals surface area contributed by atoms with E-state index in [2.05, 4.69) is 16.0 Å². The van der Waals surface area contributed by atoms with Crippen molar-refractivity contribution in [3.8, 4) is 5.88 Å². The van der Waals surface area contributed by atoms with Gasteiger partial charge in [0.2, 0.25) is 5.88 Å². The molecule has 6 rings (SSSR count). The fourth-order valence-corrected chi connectivity index (χ4v) is 6.47. The summed E-state index contributed by atoms with van der Waals surface area (Å²) in [4.78, 5) is 36.6. The van der Waals surface area contributed by atoms with E-state index in [1.807, 2.05) is 35.4 Å². The van der Waals surface area contributed by atoms with E-state index in [0.29, 0.717) is 43.2 Å². The van der Waals surface area contributed by atoms with Gasteiger partial charge in [0.25, 0.3) is 5.91 Å². The van der Waals surface area contributed by atoms with Crippen LogP contribution in [0.4, 0.5) is 4.79 Å². The molecule has 3 atom stereocenters. The Kier molecular flexibility index (Phi) is 5.59. The molecular formula is C26H28N4O4S. The number of carbonyl (C=O) groups excluding carboxylic acids is 2. The molecule has 3 fully saturated rings. The fraction of sp³-hybridized carbons (Fsp3) is 0.462. The van der Waals surface area contributed by atoms with Crippen molar-refractivity contribution >= 4 is 33.6 Å². The average molecular weight is 493 g/mol. The molecule has 1 aromatic carbocycles. The molecule has 0 radical (unpaired) electrons. The third-order valence-electron chi connectivity index (χ3n) is 7.49. The van der Waals surface area contributed by atoms with E-state index in [1.54, 1.807) is 11.3 Å². The van der Waals surface area contributed by atoms with Gasteiger partial charge < -0.3 is 20.1 Å². The molecule has 2 aliphatic carbocycles. The number of ether oxygens (including phenoxy) is 2. The van der Waals surface area contributed by atoms with Gasteiger partial charge in [-0.25, -0.2) is 9.78 Å². The zero-order valence-electron chi connectivity index (χ0n) is 19.6. The Bertz CT molecular complexity index is 1300. The molecule has 1 aliphatic heterocycles. The zero-order chi connectivity index (χ0) is 24.1. The predicted molar refractivity (Wildman–Crippen MR) is 131 cm³/mol. The van der Waals surface area contributed by atoms with Crippen molar-refractivity contribution in [3.63, 3.8) is 0 Å². The largest absolute Gasteiger partial charge is 0.472 e. The van der Waals surface area contributed by atoms with Crippen LogP contribution in [-0.2, 0) is 11.3 Å². The lowest BCUT2D eigenvalue weighted by atomic mass is 9.99. The Balaban J connectivity index is 1.19. The van der Waals surface area contributed by atoms with Crippen molar-refractivity contribution in [1.82, 2.24) is 14.9 Å². The number of likely N-dealkylation sites (tertiary alicyclic amines) is 1. The van der Waals surface area contributed by atoms with E-state index in [1.165, 1.54) is 0 Å². The number of hydrogen-bond donors (Lipinski definition) is 1. The van der Waals surface area contributed by atoms with Crippen LogP contribution in [-0.4, -0.2) is 46.1 Å². The topological polar surface area (TPSA) is 108 Å². The molecule has 0 bridgehead atoms. The summed E-state index contributed by atoms with van der Waals surface area (Å²) in [5.74, 6) is 2.32. The van der Waals surface area contributed by atoms with E-state index >= 15 is 0 Å². The van der Waals surface area contributed by atoms with E-state index in [4.69, 9.17) is 15.2 Å². The van der Waals surface area contributed by atoms with Crippen LogP contribution < -0.4 is 10.5 Å². The maximum Gasteiger partial charge on any atom is 0.404 e. The standard InChI is InChI=1S/C26H28N4O4S/c1-14-28-23(19-8-9-35-24(19)29-14)33-13-15-2-6-18(20(10-15)16-3-4-16)25(31)30-11-17-5-7-22(21(17)12-30)34-26(27)32/h2,6,8-10,16-17,21-22H,3-5,7,11-13H2,1H3,(H2,27,32). The van der Waals surface area contributed by atoms with E-state index < -0.39 is 6.09 Å². The number of nitrogens with zero attached hydrogens (tertiary/aromatic N) is 3. The minimum absolute atomic E-state index is 0.0676. The van der Waals surface area contributed by atoms with Crippen molar-refractivity contribution in [1.29, 1.82) is 0 Å². The molecule has 2 saturated carbocycles. The van der Waals surface area contributed by atoms with Crippen molar-refractivity contribution in [2.75, 3.05) is 13.1 Å². The molecule has 35 heavy (non-hydrogen) atoms. The monoisotopic (exact) mass is 492 g/mol. The number of rotatable bonds is 6. The van der Waals surface area contributed by atoms with Crippen molar-refractivity contribution in [2.24, 2.45) is 17.6 Å². The highest BCUT2D eigenvalue weighted by molar-refractivity contribution is 7.16. The molecule has 2 aromatic heterocycles. The Labute approximate surface area is 207 Å². The Morgan fingerprint density at radius 3 is 2.80 bits per heavy atom. The third kappa shape index (κ3) is 4.33. The molecule has 2 N–H and O–H groups in total. The van der Waals surface area contributed by atoms with Crippen LogP contribution in [0.3, 0.4) is 0 Å². The summed E-state index contributed by atoms with van der Waals surface area (Å²) in [5, 5.41) is 2.92. The quantitative estimate of drug-likeness (QED) is 0.546. The molecule has 8 nitrogen and oxygen atoms in total. The first-order valence-electron chi connectivity index (χ1n) is 12.2. The summed E-state index contributed by atoms with van der Waals surface area (Å²) in [6, 6.07) is 8.04. The maximum absolute atomic E-state index is 13.6. The Morgan fingerprint density at radius 2 is 2.00 bits per heavy atom. The average Bonchev–Trinajstić information content (AvgIpc) is 3.24. The number of nitrogens with two attached hydrogens (primary N) is 1. The van der Waals surface area contributed by atoms with Crippen LogP contribution >= 0.6 is 11.3 Å². The minimum atomic E-state index is -0.730. The van der Waals surface area contributed by atoms with Crippen molar-refractivity contribution in [3.05, 3.63) is 52.2 Å². The molecule has 1 saturated heterocycles. The Hall–Kier alpha value is -3.20. The summed E-state index contributed by atoms with van der Waals surface area (Å²) in [5.41, 5.74) is 8.16. The van der Waals surface area contributed by atoms with E-state index in [-0.39, 0.29) is 17.9 Å². The SMILES string of the molecule is Cc1nc(OCc2ccc(C(=O)N3CC4CCC(OC(N)=O)C4C3)c(C3CC3)c2)c2ccsc2n1. The number of benzene rings is 1. The van der Waals surface area contributed by atoms with Crippen LogP contribution in [0.25, 0.3) is 10.2 Å². The number of carbonyl (C=O) groups is 2. The zero-order valence-corrected chi connectivity index (χ0v) is 20.4. The lowest BCUT2D eigenvalue weighted by Gasteiger charge is -2.22. The summed E-state index contributed by atoms with van der Waals surface area (Å²) >= 11 is 1.57. The Morgan fingerprint density at radius 1 is 1.14 bits per heavy atom. The molecule has 3 unspecified atom stereocenters. The molecule has 2 amide bonds. The highest BCUT2D eigenvalue weighted by Crippen LogP contribution is 2.44. The maximum atomic E-state index is 13.6. The fourth-order valence-electron chi connectivity index (χ4n) is 5.67. The number of primary amides is 1. The van der Waals surface area contributed by atoms with Gasteiger partial charge in [0.1, 0.15) is 23.4 Å². The summed E-state index contributed by atoms with van der Waals surface area (Å²) in [6.07, 6.45) is 3.07. The molecule has 182 valence electrons. The normalized spacial score (nSPS) is 23.5. The summed E-state index contributed by atoms with van der Waals surface area (Å²) in [6.45, 7) is 3.57. The smallest absolute Gasteiger partial charge is 0.404 e. The van der Waals surface area contributed by atoms with Crippen LogP contribution in [0.5, 0.6) is 5.88 Å². The molecule has 3 aromatic rings. The first-order valence-corrected chi connectivity index (χ1v) is 13.1. The van der Waals surface area contributed by atoms with Crippen molar-refractivity contribution in [2.45, 2.75) is 51.2 Å². The number of thiophene rings is 1. The third-order valence-corrected chi connectivity index (χ3v) is 8.29. The number of aryl methyl sites for hydroxylation is 1. The van der Waals surface area contributed by atoms with Crippen LogP contribution in [0.2, 0.25) is 0 Å². The van der Waals surface area contributed by atoms with Crippen molar-refractivity contribution < 1.29 is 19.1 Å². The van der Waals surface area contributed by atoms with Gasteiger partial charge in [-0.3, -0.25) is 4.79 Å². The van der Waals surface area contributed by atoms with Gasteiger partial charge in [0.05, 0.1) is 5.39 Å². The second-order valence-corrected chi connectivity index (χ2v) is 10.8. The predicted octanol–water partition coefficient (Wildman–Crippen LogP) is 4.40. The number of aromatic nitrogens is 2. The minimum Gasteiger partial charge on any atom is -0.472 e. The van der Waals surface area contributed by atoms with Gasteiger partial charge in [-0.05, 0) is 73.1 Å². The second-order valence-electron chi connectivity index (χ2n) is 9.89. The van der Waals surface area contributed by atoms with E-state index in [9.17, 15) is 9.59 Å². The summed E-state index contributed by atoms with van der Waals surface area (Å²) in [7, 11) is 0.